The fourth-order valence-corrected chi connectivity index (χ4v) is 1.73. The Morgan fingerprint density at radius 3 is 2.18 bits per heavy atom. The molecule has 0 heterocycles. The first kappa shape index (κ1) is 15.6. The minimum Gasteiger partial charge on any atom is -0.326 e. The lowest BCUT2D eigenvalue weighted by Crippen LogP contribution is -2.14. The van der Waals surface area contributed by atoms with Gasteiger partial charge in [0.2, 0.25) is 5.91 Å². The molecule has 0 aliphatic carbocycles. The Labute approximate surface area is 124 Å². The summed E-state index contributed by atoms with van der Waals surface area (Å²) in [7, 11) is 0. The number of anilines is 2. The summed E-state index contributed by atoms with van der Waals surface area (Å²) in [5, 5.41) is 4.67. The maximum absolute atomic E-state index is 13.7. The van der Waals surface area contributed by atoms with Crippen LogP contribution in [0, 0.1) is 17.5 Å². The summed E-state index contributed by atoms with van der Waals surface area (Å²) in [6.45, 7) is 1.28. The molecule has 2 rings (SSSR count). The predicted octanol–water partition coefficient (Wildman–Crippen LogP) is 3.31. The molecule has 2 amide bonds. The Balaban J connectivity index is 2.23. The average Bonchev–Trinajstić information content (AvgIpc) is 2.45. The van der Waals surface area contributed by atoms with E-state index in [9.17, 15) is 22.8 Å². The van der Waals surface area contributed by atoms with E-state index in [1.165, 1.54) is 19.1 Å². The van der Waals surface area contributed by atoms with Gasteiger partial charge in [0.25, 0.3) is 5.91 Å². The quantitative estimate of drug-likeness (QED) is 0.914. The summed E-state index contributed by atoms with van der Waals surface area (Å²) in [4.78, 5) is 22.9. The first-order chi connectivity index (χ1) is 10.4. The van der Waals surface area contributed by atoms with Crippen molar-refractivity contribution in [2.75, 3.05) is 10.6 Å². The van der Waals surface area contributed by atoms with Crippen molar-refractivity contribution in [2.45, 2.75) is 6.92 Å². The van der Waals surface area contributed by atoms with Gasteiger partial charge in [0.1, 0.15) is 5.82 Å². The topological polar surface area (TPSA) is 58.2 Å². The summed E-state index contributed by atoms with van der Waals surface area (Å²) in [6.07, 6.45) is 0. The molecule has 0 bridgehead atoms. The van der Waals surface area contributed by atoms with E-state index >= 15 is 0 Å². The monoisotopic (exact) mass is 308 g/mol. The SMILES string of the molecule is CC(=O)Nc1ccc(F)c(NC(=O)c2ccc(F)c(F)c2)c1. The van der Waals surface area contributed by atoms with E-state index in [0.717, 1.165) is 18.2 Å². The van der Waals surface area contributed by atoms with Crippen LogP contribution in [0.1, 0.15) is 17.3 Å². The standard InChI is InChI=1S/C15H11F3N2O2/c1-8(21)19-10-3-5-12(17)14(7-10)20-15(22)9-2-4-11(16)13(18)6-9/h2-7H,1H3,(H,19,21)(H,20,22). The summed E-state index contributed by atoms with van der Waals surface area (Å²) >= 11 is 0. The zero-order chi connectivity index (χ0) is 16.3. The van der Waals surface area contributed by atoms with Gasteiger partial charge in [-0.3, -0.25) is 9.59 Å². The van der Waals surface area contributed by atoms with E-state index in [1.807, 2.05) is 0 Å². The molecule has 0 spiro atoms. The van der Waals surface area contributed by atoms with Crippen LogP contribution >= 0.6 is 0 Å². The van der Waals surface area contributed by atoms with Gasteiger partial charge in [0, 0.05) is 18.2 Å². The van der Waals surface area contributed by atoms with Crippen LogP contribution in [0.4, 0.5) is 24.5 Å². The lowest BCUT2D eigenvalue weighted by molar-refractivity contribution is -0.114. The second kappa shape index (κ2) is 6.30. The smallest absolute Gasteiger partial charge is 0.255 e. The number of rotatable bonds is 3. The van der Waals surface area contributed by atoms with E-state index in [4.69, 9.17) is 0 Å². The molecule has 2 N–H and O–H groups in total. The van der Waals surface area contributed by atoms with E-state index in [1.54, 1.807) is 0 Å². The third kappa shape index (κ3) is 3.63. The molecule has 0 saturated carbocycles. The maximum atomic E-state index is 13.7. The highest BCUT2D eigenvalue weighted by Crippen LogP contribution is 2.21. The summed E-state index contributed by atoms with van der Waals surface area (Å²) < 4.78 is 39.6. The molecule has 2 aromatic carbocycles. The van der Waals surface area contributed by atoms with Crippen molar-refractivity contribution >= 4 is 23.2 Å². The first-order valence-corrected chi connectivity index (χ1v) is 6.20. The Morgan fingerprint density at radius 2 is 1.55 bits per heavy atom. The third-order valence-corrected chi connectivity index (χ3v) is 2.72. The molecule has 4 nitrogen and oxygen atoms in total. The fraction of sp³-hybridized carbons (Fsp3) is 0.0667. The van der Waals surface area contributed by atoms with Crippen LogP contribution in [0.5, 0.6) is 0 Å². The second-order valence-corrected chi connectivity index (χ2v) is 4.46. The molecule has 0 saturated heterocycles. The van der Waals surface area contributed by atoms with E-state index in [0.29, 0.717) is 6.07 Å². The molecule has 0 fully saturated rings. The lowest BCUT2D eigenvalue weighted by Gasteiger charge is -2.09. The third-order valence-electron chi connectivity index (χ3n) is 2.72. The van der Waals surface area contributed by atoms with E-state index in [2.05, 4.69) is 10.6 Å². The van der Waals surface area contributed by atoms with Gasteiger partial charge in [-0.1, -0.05) is 0 Å². The molecular weight excluding hydrogens is 297 g/mol. The van der Waals surface area contributed by atoms with Crippen LogP contribution in [0.3, 0.4) is 0 Å². The molecule has 0 unspecified atom stereocenters. The minimum atomic E-state index is -1.18. The average molecular weight is 308 g/mol. The largest absolute Gasteiger partial charge is 0.326 e. The fourth-order valence-electron chi connectivity index (χ4n) is 1.73. The number of hydrogen-bond acceptors (Lipinski definition) is 2. The Morgan fingerprint density at radius 1 is 0.864 bits per heavy atom. The molecule has 0 aliphatic heterocycles. The van der Waals surface area contributed by atoms with E-state index < -0.39 is 23.4 Å². The van der Waals surface area contributed by atoms with Crippen LogP contribution in [-0.4, -0.2) is 11.8 Å². The number of hydrogen-bond donors (Lipinski definition) is 2. The number of halogens is 3. The lowest BCUT2D eigenvalue weighted by atomic mass is 10.2. The van der Waals surface area contributed by atoms with Gasteiger partial charge in [0.05, 0.1) is 5.69 Å². The zero-order valence-electron chi connectivity index (χ0n) is 11.4. The van der Waals surface area contributed by atoms with Crippen LogP contribution in [0.2, 0.25) is 0 Å². The maximum Gasteiger partial charge on any atom is 0.255 e. The number of benzene rings is 2. The van der Waals surface area contributed by atoms with Crippen LogP contribution in [0.25, 0.3) is 0 Å². The van der Waals surface area contributed by atoms with Gasteiger partial charge in [-0.25, -0.2) is 13.2 Å². The van der Waals surface area contributed by atoms with Gasteiger partial charge in [0.15, 0.2) is 11.6 Å². The van der Waals surface area contributed by atoms with Gasteiger partial charge >= 0.3 is 0 Å². The van der Waals surface area contributed by atoms with Gasteiger partial charge in [-0.15, -0.1) is 0 Å². The summed E-state index contributed by atoms with van der Waals surface area (Å²) in [5.41, 5.74) is -0.0706. The molecule has 0 aromatic heterocycles. The first-order valence-electron chi connectivity index (χ1n) is 6.20. The van der Waals surface area contributed by atoms with Crippen molar-refractivity contribution in [3.05, 3.63) is 59.4 Å². The van der Waals surface area contributed by atoms with E-state index in [-0.39, 0.29) is 22.8 Å². The minimum absolute atomic E-state index is 0.164. The highest BCUT2D eigenvalue weighted by Gasteiger charge is 2.13. The molecule has 22 heavy (non-hydrogen) atoms. The van der Waals surface area contributed by atoms with Gasteiger partial charge in [-0.05, 0) is 36.4 Å². The number of nitrogens with one attached hydrogen (secondary N) is 2. The second-order valence-electron chi connectivity index (χ2n) is 4.46. The van der Waals surface area contributed by atoms with Crippen molar-refractivity contribution in [3.8, 4) is 0 Å². The molecular formula is C15H11F3N2O2. The van der Waals surface area contributed by atoms with Crippen LogP contribution in [0.15, 0.2) is 36.4 Å². The Hall–Kier alpha value is -2.83. The highest BCUT2D eigenvalue weighted by atomic mass is 19.2. The van der Waals surface area contributed by atoms with Crippen molar-refractivity contribution in [3.63, 3.8) is 0 Å². The van der Waals surface area contributed by atoms with Crippen LogP contribution < -0.4 is 10.6 Å². The molecule has 0 atom stereocenters. The van der Waals surface area contributed by atoms with Gasteiger partial charge < -0.3 is 10.6 Å². The summed E-state index contributed by atoms with van der Waals surface area (Å²) in [6, 6.07) is 6.18. The zero-order valence-corrected chi connectivity index (χ0v) is 11.4. The normalized spacial score (nSPS) is 10.2. The Kier molecular flexibility index (Phi) is 4.45. The molecule has 114 valence electrons. The predicted molar refractivity (Wildman–Crippen MR) is 75.0 cm³/mol. The highest BCUT2D eigenvalue weighted by molar-refractivity contribution is 6.04. The van der Waals surface area contributed by atoms with Crippen molar-refractivity contribution in [1.29, 1.82) is 0 Å². The van der Waals surface area contributed by atoms with Crippen molar-refractivity contribution < 1.29 is 22.8 Å². The number of amides is 2. The number of carbonyl (C=O) groups excluding carboxylic acids is 2. The van der Waals surface area contributed by atoms with Crippen molar-refractivity contribution in [1.82, 2.24) is 0 Å². The molecule has 2 aromatic rings. The van der Waals surface area contributed by atoms with Crippen LogP contribution in [-0.2, 0) is 4.79 Å². The molecule has 7 heteroatoms. The molecule has 0 aliphatic rings. The number of carbonyl (C=O) groups is 2. The summed E-state index contributed by atoms with van der Waals surface area (Å²) in [5.74, 6) is -4.16. The van der Waals surface area contributed by atoms with Crippen molar-refractivity contribution in [2.24, 2.45) is 0 Å². The Bertz CT molecular complexity index is 748. The van der Waals surface area contributed by atoms with Gasteiger partial charge in [-0.2, -0.15) is 0 Å². The molecule has 0 radical (unpaired) electrons.